The van der Waals surface area contributed by atoms with Crippen molar-refractivity contribution in [3.05, 3.63) is 42.5 Å². The van der Waals surface area contributed by atoms with E-state index in [4.69, 9.17) is 18.9 Å². The van der Waals surface area contributed by atoms with Gasteiger partial charge in [0.1, 0.15) is 23.0 Å². The fourth-order valence-electron chi connectivity index (χ4n) is 3.71. The number of halogens is 1. The van der Waals surface area contributed by atoms with Crippen LogP contribution < -0.4 is 34.5 Å². The highest BCUT2D eigenvalue weighted by Crippen LogP contribution is 2.30. The zero-order valence-electron chi connectivity index (χ0n) is 19.8. The lowest BCUT2D eigenvalue weighted by Crippen LogP contribution is -2.45. The summed E-state index contributed by atoms with van der Waals surface area (Å²) >= 11 is 0. The van der Waals surface area contributed by atoms with Crippen molar-refractivity contribution in [2.24, 2.45) is 4.99 Å². The van der Waals surface area contributed by atoms with Gasteiger partial charge in [-0.15, -0.1) is 24.0 Å². The van der Waals surface area contributed by atoms with E-state index in [1.807, 2.05) is 36.4 Å². The number of anilines is 1. The molecule has 1 heterocycles. The van der Waals surface area contributed by atoms with Crippen molar-refractivity contribution in [3.63, 3.8) is 0 Å². The van der Waals surface area contributed by atoms with Gasteiger partial charge >= 0.3 is 0 Å². The van der Waals surface area contributed by atoms with Crippen molar-refractivity contribution < 1.29 is 18.9 Å². The van der Waals surface area contributed by atoms with Crippen LogP contribution in [0.5, 0.6) is 23.0 Å². The van der Waals surface area contributed by atoms with Gasteiger partial charge < -0.3 is 34.5 Å². The summed E-state index contributed by atoms with van der Waals surface area (Å²) in [4.78, 5) is 6.71. The summed E-state index contributed by atoms with van der Waals surface area (Å²) < 4.78 is 21.9. The number of benzene rings is 2. The third kappa shape index (κ3) is 7.76. The quantitative estimate of drug-likeness (QED) is 0.196. The first-order valence-corrected chi connectivity index (χ1v) is 10.9. The van der Waals surface area contributed by atoms with Crippen molar-refractivity contribution in [1.82, 2.24) is 10.6 Å². The molecule has 33 heavy (non-hydrogen) atoms. The number of rotatable bonds is 10. The molecule has 1 aliphatic rings. The van der Waals surface area contributed by atoms with E-state index >= 15 is 0 Å². The second-order valence-corrected chi connectivity index (χ2v) is 7.50. The van der Waals surface area contributed by atoms with Crippen LogP contribution in [0.25, 0.3) is 0 Å². The molecule has 0 aromatic heterocycles. The Bertz CT molecular complexity index is 874. The monoisotopic (exact) mass is 570 g/mol. The summed E-state index contributed by atoms with van der Waals surface area (Å²) in [6.07, 6.45) is 1.87. The third-order valence-corrected chi connectivity index (χ3v) is 5.39. The topological polar surface area (TPSA) is 76.6 Å². The Morgan fingerprint density at radius 1 is 1.03 bits per heavy atom. The lowest BCUT2D eigenvalue weighted by molar-refractivity contribution is 0.305. The Hall–Kier alpha value is -2.56. The summed E-state index contributed by atoms with van der Waals surface area (Å²) in [5.41, 5.74) is 1.13. The van der Waals surface area contributed by atoms with E-state index in [-0.39, 0.29) is 24.0 Å². The fourth-order valence-corrected chi connectivity index (χ4v) is 3.71. The summed E-state index contributed by atoms with van der Waals surface area (Å²) in [7, 11) is 6.76. The maximum absolute atomic E-state index is 5.85. The van der Waals surface area contributed by atoms with Gasteiger partial charge in [-0.2, -0.15) is 0 Å². The van der Waals surface area contributed by atoms with Gasteiger partial charge in [-0.05, 0) is 25.0 Å². The molecule has 1 atom stereocenters. The van der Waals surface area contributed by atoms with E-state index in [9.17, 15) is 0 Å². The number of methoxy groups -OCH3 is 3. The summed E-state index contributed by atoms with van der Waals surface area (Å²) in [6, 6.07) is 14.0. The molecular weight excluding hydrogens is 535 g/mol. The van der Waals surface area contributed by atoms with Gasteiger partial charge in [0.05, 0.1) is 33.6 Å². The molecule has 1 fully saturated rings. The fraction of sp³-hybridized carbons (Fsp3) is 0.458. The van der Waals surface area contributed by atoms with E-state index in [0.29, 0.717) is 24.1 Å². The van der Waals surface area contributed by atoms with E-state index in [2.05, 4.69) is 26.6 Å². The minimum Gasteiger partial charge on any atom is -0.496 e. The summed E-state index contributed by atoms with van der Waals surface area (Å²) in [5.74, 6) is 3.86. The highest BCUT2D eigenvalue weighted by molar-refractivity contribution is 14.0. The molecule has 0 spiro atoms. The molecule has 2 aromatic carbocycles. The number of aliphatic imine (C=N–C) groups is 1. The number of nitrogens with zero attached hydrogens (tertiary/aromatic N) is 2. The average molecular weight is 570 g/mol. The van der Waals surface area contributed by atoms with Crippen molar-refractivity contribution in [2.75, 3.05) is 59.5 Å². The van der Waals surface area contributed by atoms with Gasteiger partial charge in [0.25, 0.3) is 0 Å². The van der Waals surface area contributed by atoms with Gasteiger partial charge in [0.15, 0.2) is 5.96 Å². The predicted molar refractivity (Wildman–Crippen MR) is 143 cm³/mol. The molecule has 9 heteroatoms. The smallest absolute Gasteiger partial charge is 0.191 e. The zero-order chi connectivity index (χ0) is 22.8. The predicted octanol–water partition coefficient (Wildman–Crippen LogP) is 3.54. The minimum atomic E-state index is 0. The van der Waals surface area contributed by atoms with Crippen molar-refractivity contribution >= 4 is 35.6 Å². The summed E-state index contributed by atoms with van der Waals surface area (Å²) in [6.45, 7) is 3.21. The highest BCUT2D eigenvalue weighted by Gasteiger charge is 2.25. The standard InChI is InChI=1S/C24H34N4O4.HI/c1-25-24(26-11-7-13-32-21-15-19(29-2)14-20(16-21)30-3)27-18-10-12-28(17-18)22-8-5-6-9-23(22)31-4;/h5-6,8-9,14-16,18H,7,10-13,17H2,1-4H3,(H2,25,26,27);1H. The molecular formula is C24H35IN4O4. The Balaban J connectivity index is 0.00000385. The number of hydrogen-bond acceptors (Lipinski definition) is 6. The van der Waals surface area contributed by atoms with Gasteiger partial charge in [-0.1, -0.05) is 12.1 Å². The van der Waals surface area contributed by atoms with Crippen LogP contribution in [0.1, 0.15) is 12.8 Å². The normalized spacial score (nSPS) is 15.5. The molecule has 2 aromatic rings. The van der Waals surface area contributed by atoms with Crippen LogP contribution in [0.3, 0.4) is 0 Å². The SMILES string of the molecule is CN=C(NCCCOc1cc(OC)cc(OC)c1)NC1CCN(c2ccccc2OC)C1.I. The first-order chi connectivity index (χ1) is 15.7. The molecule has 0 aliphatic carbocycles. The molecule has 0 bridgehead atoms. The van der Waals surface area contributed by atoms with Crippen LogP contribution >= 0.6 is 24.0 Å². The zero-order valence-corrected chi connectivity index (χ0v) is 22.1. The Kier molecular flexibility index (Phi) is 11.2. The Morgan fingerprint density at radius 2 is 1.73 bits per heavy atom. The molecule has 0 saturated carbocycles. The first kappa shape index (κ1) is 26.7. The van der Waals surface area contributed by atoms with Crippen molar-refractivity contribution in [3.8, 4) is 23.0 Å². The minimum absolute atomic E-state index is 0. The number of ether oxygens (including phenoxy) is 4. The molecule has 1 aliphatic heterocycles. The van der Waals surface area contributed by atoms with Crippen LogP contribution in [0.15, 0.2) is 47.5 Å². The van der Waals surface area contributed by atoms with Gasteiger partial charge in [-0.25, -0.2) is 0 Å². The largest absolute Gasteiger partial charge is 0.496 e. The Morgan fingerprint density at radius 3 is 2.39 bits per heavy atom. The number of hydrogen-bond donors (Lipinski definition) is 2. The second kappa shape index (κ2) is 13.9. The van der Waals surface area contributed by atoms with Crippen molar-refractivity contribution in [2.45, 2.75) is 18.9 Å². The molecule has 0 radical (unpaired) electrons. The maximum Gasteiger partial charge on any atom is 0.191 e. The number of guanidine groups is 1. The third-order valence-electron chi connectivity index (χ3n) is 5.39. The lowest BCUT2D eigenvalue weighted by Gasteiger charge is -2.22. The van der Waals surface area contributed by atoms with Crippen LogP contribution in [-0.4, -0.2) is 66.6 Å². The van der Waals surface area contributed by atoms with Crippen LogP contribution in [-0.2, 0) is 0 Å². The second-order valence-electron chi connectivity index (χ2n) is 7.50. The molecule has 182 valence electrons. The maximum atomic E-state index is 5.85. The van der Waals surface area contributed by atoms with Crippen LogP contribution in [0, 0.1) is 0 Å². The number of nitrogens with one attached hydrogen (secondary N) is 2. The lowest BCUT2D eigenvalue weighted by atomic mass is 10.2. The molecule has 1 unspecified atom stereocenters. The van der Waals surface area contributed by atoms with Gasteiger partial charge in [0.2, 0.25) is 0 Å². The number of para-hydroxylation sites is 2. The molecule has 1 saturated heterocycles. The highest BCUT2D eigenvalue weighted by atomic mass is 127. The van der Waals surface area contributed by atoms with Gasteiger partial charge in [0, 0.05) is 50.9 Å². The summed E-state index contributed by atoms with van der Waals surface area (Å²) in [5, 5.41) is 6.90. The molecule has 2 N–H and O–H groups in total. The average Bonchev–Trinajstić information content (AvgIpc) is 3.31. The van der Waals surface area contributed by atoms with E-state index in [0.717, 1.165) is 55.6 Å². The van der Waals surface area contributed by atoms with Crippen LogP contribution in [0.2, 0.25) is 0 Å². The van der Waals surface area contributed by atoms with Gasteiger partial charge in [-0.3, -0.25) is 4.99 Å². The molecule has 8 nitrogen and oxygen atoms in total. The van der Waals surface area contributed by atoms with Crippen molar-refractivity contribution in [1.29, 1.82) is 0 Å². The van der Waals surface area contributed by atoms with E-state index in [1.54, 1.807) is 28.4 Å². The molecule has 3 rings (SSSR count). The van der Waals surface area contributed by atoms with E-state index in [1.165, 1.54) is 0 Å². The van der Waals surface area contributed by atoms with E-state index < -0.39 is 0 Å². The molecule has 0 amide bonds. The first-order valence-electron chi connectivity index (χ1n) is 10.9. The Labute approximate surface area is 213 Å². The van der Waals surface area contributed by atoms with Crippen LogP contribution in [0.4, 0.5) is 5.69 Å².